The van der Waals surface area contributed by atoms with Crippen LogP contribution in [0.15, 0.2) is 34.7 Å². The molecule has 8 nitrogen and oxygen atoms in total. The zero-order chi connectivity index (χ0) is 20.4. The standard InChI is InChI=1S/C21H20N4O4/c26-12-15-7-8-18(17(13-27)23-15)25-20(28)16-6-4-5-14(19(16)21(25)29)11-22-24-9-2-1-3-10-24/h4-6,11,18,23H,1-3,7-10H2. The predicted octanol–water partition coefficient (Wildman–Crippen LogP) is 1.29. The van der Waals surface area contributed by atoms with Gasteiger partial charge in [-0.15, -0.1) is 0 Å². The maximum atomic E-state index is 13.2. The number of amides is 2. The molecule has 148 valence electrons. The Morgan fingerprint density at radius 2 is 1.86 bits per heavy atom. The van der Waals surface area contributed by atoms with Gasteiger partial charge in [-0.25, -0.2) is 9.59 Å². The Morgan fingerprint density at radius 3 is 2.59 bits per heavy atom. The summed E-state index contributed by atoms with van der Waals surface area (Å²) < 4.78 is 0. The Balaban J connectivity index is 1.64. The van der Waals surface area contributed by atoms with Gasteiger partial charge in [0.25, 0.3) is 11.8 Å². The molecule has 0 radical (unpaired) electrons. The summed E-state index contributed by atoms with van der Waals surface area (Å²) in [5.41, 5.74) is 1.36. The number of hydrogen-bond acceptors (Lipinski definition) is 7. The average Bonchev–Trinajstić information content (AvgIpc) is 3.03. The number of hydrogen-bond donors (Lipinski definition) is 1. The number of carbonyl (C=O) groups is 2. The summed E-state index contributed by atoms with van der Waals surface area (Å²) in [7, 11) is 0. The molecule has 29 heavy (non-hydrogen) atoms. The van der Waals surface area contributed by atoms with Gasteiger partial charge in [0.05, 0.1) is 23.4 Å². The van der Waals surface area contributed by atoms with Crippen molar-refractivity contribution in [3.8, 4) is 0 Å². The first-order valence-corrected chi connectivity index (χ1v) is 9.70. The van der Waals surface area contributed by atoms with Gasteiger partial charge in [0.15, 0.2) is 0 Å². The van der Waals surface area contributed by atoms with Crippen LogP contribution in [0.3, 0.4) is 0 Å². The van der Waals surface area contributed by atoms with Crippen molar-refractivity contribution >= 4 is 29.9 Å². The second-order valence-corrected chi connectivity index (χ2v) is 7.28. The van der Waals surface area contributed by atoms with Crippen LogP contribution in [0.1, 0.15) is 58.4 Å². The Labute approximate surface area is 167 Å². The van der Waals surface area contributed by atoms with E-state index in [4.69, 9.17) is 0 Å². The van der Waals surface area contributed by atoms with Gasteiger partial charge in [0.1, 0.15) is 23.3 Å². The van der Waals surface area contributed by atoms with Crippen molar-refractivity contribution in [1.29, 1.82) is 0 Å². The van der Waals surface area contributed by atoms with Crippen LogP contribution in [0.2, 0.25) is 0 Å². The number of fused-ring (bicyclic) bond motifs is 1. The van der Waals surface area contributed by atoms with Crippen LogP contribution >= 0.6 is 0 Å². The molecule has 1 N–H and O–H groups in total. The molecular weight excluding hydrogens is 372 g/mol. The highest BCUT2D eigenvalue weighted by molar-refractivity contribution is 6.24. The van der Waals surface area contributed by atoms with Crippen molar-refractivity contribution in [1.82, 2.24) is 15.2 Å². The van der Waals surface area contributed by atoms with E-state index in [2.05, 4.69) is 10.4 Å². The van der Waals surface area contributed by atoms with E-state index in [0.29, 0.717) is 16.7 Å². The van der Waals surface area contributed by atoms with Crippen molar-refractivity contribution in [3.63, 3.8) is 0 Å². The number of nitrogens with zero attached hydrogens (tertiary/aromatic N) is 3. The lowest BCUT2D eigenvalue weighted by Crippen LogP contribution is -2.46. The molecule has 0 bridgehead atoms. The first-order valence-electron chi connectivity index (χ1n) is 9.70. The lowest BCUT2D eigenvalue weighted by Gasteiger charge is -2.30. The normalized spacial score (nSPS) is 21.9. The number of hydrazone groups is 1. The first-order chi connectivity index (χ1) is 14.1. The second-order valence-electron chi connectivity index (χ2n) is 7.28. The molecule has 3 aliphatic rings. The molecule has 3 heterocycles. The van der Waals surface area contributed by atoms with Gasteiger partial charge in [0.2, 0.25) is 0 Å². The number of nitrogens with one attached hydrogen (secondary N) is 1. The number of allylic oxidation sites excluding steroid dienone is 1. The average molecular weight is 392 g/mol. The van der Waals surface area contributed by atoms with Crippen LogP contribution in [-0.4, -0.2) is 59.0 Å². The van der Waals surface area contributed by atoms with Gasteiger partial charge in [-0.05, 0) is 31.7 Å². The van der Waals surface area contributed by atoms with E-state index < -0.39 is 17.9 Å². The molecule has 0 aromatic heterocycles. The minimum absolute atomic E-state index is 0.00681. The molecule has 8 heteroatoms. The van der Waals surface area contributed by atoms with E-state index >= 15 is 0 Å². The minimum Gasteiger partial charge on any atom is -0.342 e. The Morgan fingerprint density at radius 1 is 1.07 bits per heavy atom. The lowest BCUT2D eigenvalue weighted by atomic mass is 10.0. The third-order valence-electron chi connectivity index (χ3n) is 5.50. The van der Waals surface area contributed by atoms with Gasteiger partial charge in [0, 0.05) is 25.1 Å². The zero-order valence-corrected chi connectivity index (χ0v) is 15.8. The number of imide groups is 1. The molecular formula is C21H20N4O4. The molecule has 1 atom stereocenters. The van der Waals surface area contributed by atoms with Crippen molar-refractivity contribution in [3.05, 3.63) is 46.3 Å². The minimum atomic E-state index is -0.788. The number of piperidine rings is 2. The molecule has 1 unspecified atom stereocenters. The van der Waals surface area contributed by atoms with Crippen LogP contribution in [0.25, 0.3) is 0 Å². The topological polar surface area (TPSA) is 99.2 Å². The van der Waals surface area contributed by atoms with Crippen LogP contribution in [0.4, 0.5) is 0 Å². The maximum absolute atomic E-state index is 13.2. The molecule has 1 aromatic carbocycles. The molecule has 2 amide bonds. The summed E-state index contributed by atoms with van der Waals surface area (Å²) in [6.45, 7) is 1.75. The summed E-state index contributed by atoms with van der Waals surface area (Å²) >= 11 is 0. The van der Waals surface area contributed by atoms with Crippen molar-refractivity contribution in [2.24, 2.45) is 5.10 Å². The lowest BCUT2D eigenvalue weighted by molar-refractivity contribution is 0.0593. The van der Waals surface area contributed by atoms with Crippen LogP contribution in [0.5, 0.6) is 0 Å². The van der Waals surface area contributed by atoms with Crippen LogP contribution in [0, 0.1) is 0 Å². The Kier molecular flexibility index (Phi) is 5.12. The second kappa shape index (κ2) is 7.87. The van der Waals surface area contributed by atoms with E-state index in [1.807, 2.05) is 5.01 Å². The van der Waals surface area contributed by atoms with E-state index in [0.717, 1.165) is 30.8 Å². The number of benzene rings is 1. The molecule has 0 saturated carbocycles. The predicted molar refractivity (Wildman–Crippen MR) is 105 cm³/mol. The maximum Gasteiger partial charge on any atom is 0.262 e. The van der Waals surface area contributed by atoms with Gasteiger partial charge in [-0.2, -0.15) is 5.10 Å². The number of carbonyl (C=O) groups excluding carboxylic acids is 4. The summed E-state index contributed by atoms with van der Waals surface area (Å²) in [6, 6.07) is 4.28. The van der Waals surface area contributed by atoms with E-state index in [9.17, 15) is 19.2 Å². The van der Waals surface area contributed by atoms with Crippen molar-refractivity contribution in [2.75, 3.05) is 13.1 Å². The summed E-state index contributed by atoms with van der Waals surface area (Å²) in [4.78, 5) is 49.5. The number of rotatable bonds is 3. The highest BCUT2D eigenvalue weighted by Gasteiger charge is 2.44. The smallest absolute Gasteiger partial charge is 0.262 e. The summed E-state index contributed by atoms with van der Waals surface area (Å²) in [5.74, 6) is 2.51. The van der Waals surface area contributed by atoms with Gasteiger partial charge >= 0.3 is 0 Å². The highest BCUT2D eigenvalue weighted by Crippen LogP contribution is 2.32. The molecule has 2 saturated heterocycles. The third kappa shape index (κ3) is 3.40. The molecule has 2 fully saturated rings. The van der Waals surface area contributed by atoms with E-state index in [1.165, 1.54) is 6.42 Å². The molecule has 1 aromatic rings. The van der Waals surface area contributed by atoms with Gasteiger partial charge < -0.3 is 5.32 Å². The van der Waals surface area contributed by atoms with E-state index in [-0.39, 0.29) is 24.2 Å². The molecule has 4 rings (SSSR count). The third-order valence-corrected chi connectivity index (χ3v) is 5.50. The fourth-order valence-corrected chi connectivity index (χ4v) is 4.02. The monoisotopic (exact) mass is 392 g/mol. The molecule has 3 aliphatic heterocycles. The quantitative estimate of drug-likeness (QED) is 0.473. The zero-order valence-electron chi connectivity index (χ0n) is 15.8. The fourth-order valence-electron chi connectivity index (χ4n) is 4.02. The fraction of sp³-hybridized carbons (Fsp3) is 0.381. The molecule has 0 spiro atoms. The largest absolute Gasteiger partial charge is 0.342 e. The Hall–Kier alpha value is -3.47. The molecule has 0 aliphatic carbocycles. The van der Waals surface area contributed by atoms with E-state index in [1.54, 1.807) is 36.3 Å². The highest BCUT2D eigenvalue weighted by atomic mass is 16.2. The van der Waals surface area contributed by atoms with Crippen LogP contribution in [-0.2, 0) is 9.59 Å². The van der Waals surface area contributed by atoms with Crippen molar-refractivity contribution < 1.29 is 19.2 Å². The SMILES string of the molecule is O=C=C1CCC(N2C(=O)c3cccc(C=NN4CCCCC4)c3C2=O)C(=C=O)N1. The van der Waals surface area contributed by atoms with Gasteiger partial charge in [-0.1, -0.05) is 12.1 Å². The van der Waals surface area contributed by atoms with Crippen molar-refractivity contribution in [2.45, 2.75) is 38.1 Å². The Bertz CT molecular complexity index is 996. The summed E-state index contributed by atoms with van der Waals surface area (Å²) in [5, 5.41) is 9.08. The van der Waals surface area contributed by atoms with Gasteiger partial charge in [-0.3, -0.25) is 19.5 Å². The first kappa shape index (κ1) is 18.9. The van der Waals surface area contributed by atoms with Crippen LogP contribution < -0.4 is 5.32 Å². The summed E-state index contributed by atoms with van der Waals surface area (Å²) in [6.07, 6.45) is 5.55.